The highest BCUT2D eigenvalue weighted by atomic mass is 16.5. The van der Waals surface area contributed by atoms with E-state index in [9.17, 15) is 0 Å². The Balaban J connectivity index is 2.17. The standard InChI is InChI=1S/C12H19NO/c1-12(2,3)9-13-10-14-11-7-5-4-6-8-11/h4-8,13H,9-10H2,1-3H3. The van der Waals surface area contributed by atoms with Crippen LogP contribution in [0.4, 0.5) is 0 Å². The van der Waals surface area contributed by atoms with Crippen molar-refractivity contribution in [3.8, 4) is 5.75 Å². The molecule has 0 unspecified atom stereocenters. The highest BCUT2D eigenvalue weighted by Gasteiger charge is 2.08. The van der Waals surface area contributed by atoms with Crippen molar-refractivity contribution < 1.29 is 4.74 Å². The average Bonchev–Trinajstić information content (AvgIpc) is 2.13. The van der Waals surface area contributed by atoms with Gasteiger partial charge in [-0.25, -0.2) is 0 Å². The zero-order valence-corrected chi connectivity index (χ0v) is 9.21. The van der Waals surface area contributed by atoms with Crippen LogP contribution in [0.3, 0.4) is 0 Å². The van der Waals surface area contributed by atoms with Gasteiger partial charge in [-0.3, -0.25) is 5.32 Å². The summed E-state index contributed by atoms with van der Waals surface area (Å²) in [5.41, 5.74) is 0.306. The number of para-hydroxylation sites is 1. The van der Waals surface area contributed by atoms with Crippen LogP contribution < -0.4 is 10.1 Å². The third-order valence-corrected chi connectivity index (χ3v) is 1.74. The first-order valence-corrected chi connectivity index (χ1v) is 4.96. The van der Waals surface area contributed by atoms with Gasteiger partial charge < -0.3 is 4.74 Å². The molecule has 1 N–H and O–H groups in total. The van der Waals surface area contributed by atoms with E-state index in [1.807, 2.05) is 30.3 Å². The Bertz CT molecular complexity index is 251. The van der Waals surface area contributed by atoms with Crippen LogP contribution in [0.1, 0.15) is 20.8 Å². The summed E-state index contributed by atoms with van der Waals surface area (Å²) in [6.45, 7) is 8.12. The van der Waals surface area contributed by atoms with Gasteiger partial charge in [0, 0.05) is 6.54 Å². The molecule has 0 aliphatic heterocycles. The number of hydrogen-bond donors (Lipinski definition) is 1. The Morgan fingerprint density at radius 3 is 2.36 bits per heavy atom. The third kappa shape index (κ3) is 4.87. The van der Waals surface area contributed by atoms with Gasteiger partial charge in [-0.2, -0.15) is 0 Å². The molecule has 0 amide bonds. The van der Waals surface area contributed by atoms with Crippen molar-refractivity contribution in [1.82, 2.24) is 5.32 Å². The Morgan fingerprint density at radius 1 is 1.14 bits per heavy atom. The molecule has 0 saturated carbocycles. The minimum Gasteiger partial charge on any atom is -0.478 e. The molecule has 78 valence electrons. The highest BCUT2D eigenvalue weighted by Crippen LogP contribution is 2.10. The summed E-state index contributed by atoms with van der Waals surface area (Å²) >= 11 is 0. The van der Waals surface area contributed by atoms with E-state index in [4.69, 9.17) is 4.74 Å². The normalized spacial score (nSPS) is 11.4. The van der Waals surface area contributed by atoms with Crippen molar-refractivity contribution in [3.63, 3.8) is 0 Å². The molecule has 0 aromatic heterocycles. The van der Waals surface area contributed by atoms with Crippen LogP contribution in [0.15, 0.2) is 30.3 Å². The second-order valence-corrected chi connectivity index (χ2v) is 4.59. The fourth-order valence-corrected chi connectivity index (χ4v) is 1.08. The summed E-state index contributed by atoms with van der Waals surface area (Å²) in [6.07, 6.45) is 0. The van der Waals surface area contributed by atoms with E-state index < -0.39 is 0 Å². The molecule has 0 atom stereocenters. The lowest BCUT2D eigenvalue weighted by Crippen LogP contribution is -2.29. The van der Waals surface area contributed by atoms with Crippen molar-refractivity contribution >= 4 is 0 Å². The third-order valence-electron chi connectivity index (χ3n) is 1.74. The SMILES string of the molecule is CC(C)(C)CNCOc1ccccc1. The van der Waals surface area contributed by atoms with E-state index in [0.717, 1.165) is 12.3 Å². The molecule has 0 bridgehead atoms. The smallest absolute Gasteiger partial charge is 0.139 e. The maximum Gasteiger partial charge on any atom is 0.139 e. The summed E-state index contributed by atoms with van der Waals surface area (Å²) in [5.74, 6) is 0.911. The lowest BCUT2D eigenvalue weighted by Gasteiger charge is -2.18. The molecule has 0 radical (unpaired) electrons. The molecular weight excluding hydrogens is 174 g/mol. The minimum atomic E-state index is 0.306. The molecule has 0 saturated heterocycles. The van der Waals surface area contributed by atoms with Gasteiger partial charge in [-0.15, -0.1) is 0 Å². The summed E-state index contributed by atoms with van der Waals surface area (Å²) in [5, 5.41) is 3.25. The second-order valence-electron chi connectivity index (χ2n) is 4.59. The largest absolute Gasteiger partial charge is 0.478 e. The fraction of sp³-hybridized carbons (Fsp3) is 0.500. The lowest BCUT2D eigenvalue weighted by atomic mass is 9.97. The number of hydrogen-bond acceptors (Lipinski definition) is 2. The average molecular weight is 193 g/mol. The van der Waals surface area contributed by atoms with Gasteiger partial charge in [0.15, 0.2) is 0 Å². The van der Waals surface area contributed by atoms with Gasteiger partial charge in [0.05, 0.1) is 0 Å². The van der Waals surface area contributed by atoms with Crippen LogP contribution in [-0.2, 0) is 0 Å². The van der Waals surface area contributed by atoms with Crippen molar-refractivity contribution in [3.05, 3.63) is 30.3 Å². The van der Waals surface area contributed by atoms with Gasteiger partial charge in [-0.05, 0) is 17.5 Å². The van der Waals surface area contributed by atoms with Crippen LogP contribution in [0, 0.1) is 5.41 Å². The van der Waals surface area contributed by atoms with Crippen molar-refractivity contribution in [2.45, 2.75) is 20.8 Å². The van der Waals surface area contributed by atoms with E-state index in [-0.39, 0.29) is 0 Å². The van der Waals surface area contributed by atoms with Gasteiger partial charge in [-0.1, -0.05) is 39.0 Å². The topological polar surface area (TPSA) is 21.3 Å². The fourth-order valence-electron chi connectivity index (χ4n) is 1.08. The first kappa shape index (κ1) is 11.1. The Morgan fingerprint density at radius 2 is 1.79 bits per heavy atom. The van der Waals surface area contributed by atoms with Crippen LogP contribution in [-0.4, -0.2) is 13.3 Å². The van der Waals surface area contributed by atoms with Crippen LogP contribution in [0.5, 0.6) is 5.75 Å². The number of benzene rings is 1. The molecule has 0 aliphatic carbocycles. The Labute approximate surface area is 86.3 Å². The van der Waals surface area contributed by atoms with E-state index in [2.05, 4.69) is 26.1 Å². The quantitative estimate of drug-likeness (QED) is 0.586. The van der Waals surface area contributed by atoms with Crippen molar-refractivity contribution in [2.24, 2.45) is 5.41 Å². The molecule has 1 aromatic rings. The molecular formula is C12H19NO. The molecule has 0 spiro atoms. The summed E-state index contributed by atoms with van der Waals surface area (Å²) in [6, 6.07) is 9.84. The highest BCUT2D eigenvalue weighted by molar-refractivity contribution is 5.20. The van der Waals surface area contributed by atoms with Gasteiger partial charge in [0.25, 0.3) is 0 Å². The van der Waals surface area contributed by atoms with E-state index in [0.29, 0.717) is 12.1 Å². The summed E-state index contributed by atoms with van der Waals surface area (Å²) in [4.78, 5) is 0. The predicted octanol–water partition coefficient (Wildman–Crippen LogP) is 2.66. The zero-order valence-electron chi connectivity index (χ0n) is 9.21. The minimum absolute atomic E-state index is 0.306. The molecule has 1 rings (SSSR count). The lowest BCUT2D eigenvalue weighted by molar-refractivity contribution is 0.254. The monoisotopic (exact) mass is 193 g/mol. The van der Waals surface area contributed by atoms with Crippen molar-refractivity contribution in [2.75, 3.05) is 13.3 Å². The number of rotatable bonds is 4. The summed E-state index contributed by atoms with van der Waals surface area (Å²) in [7, 11) is 0. The maximum absolute atomic E-state index is 5.49. The molecule has 2 nitrogen and oxygen atoms in total. The van der Waals surface area contributed by atoms with Crippen LogP contribution in [0.2, 0.25) is 0 Å². The number of nitrogens with one attached hydrogen (secondary N) is 1. The van der Waals surface area contributed by atoms with Gasteiger partial charge in [0.1, 0.15) is 12.5 Å². The zero-order chi connectivity index (χ0) is 10.4. The van der Waals surface area contributed by atoms with Gasteiger partial charge >= 0.3 is 0 Å². The second kappa shape index (κ2) is 5.01. The Kier molecular flexibility index (Phi) is 3.96. The van der Waals surface area contributed by atoms with E-state index in [1.54, 1.807) is 0 Å². The maximum atomic E-state index is 5.49. The van der Waals surface area contributed by atoms with Gasteiger partial charge in [0.2, 0.25) is 0 Å². The van der Waals surface area contributed by atoms with E-state index >= 15 is 0 Å². The van der Waals surface area contributed by atoms with E-state index in [1.165, 1.54) is 0 Å². The van der Waals surface area contributed by atoms with Crippen molar-refractivity contribution in [1.29, 1.82) is 0 Å². The van der Waals surface area contributed by atoms with Crippen LogP contribution in [0.25, 0.3) is 0 Å². The first-order valence-electron chi connectivity index (χ1n) is 4.96. The Hall–Kier alpha value is -1.02. The molecule has 14 heavy (non-hydrogen) atoms. The molecule has 0 heterocycles. The number of ether oxygens (including phenoxy) is 1. The molecule has 2 heteroatoms. The molecule has 0 aliphatic rings. The summed E-state index contributed by atoms with van der Waals surface area (Å²) < 4.78 is 5.49. The predicted molar refractivity (Wildman–Crippen MR) is 59.4 cm³/mol. The van der Waals surface area contributed by atoms with Crippen LogP contribution >= 0.6 is 0 Å². The molecule has 0 fully saturated rings. The molecule has 1 aromatic carbocycles. The first-order chi connectivity index (χ1) is 6.58.